The van der Waals surface area contributed by atoms with Gasteiger partial charge in [-0.1, -0.05) is 24.8 Å². The van der Waals surface area contributed by atoms with Crippen molar-refractivity contribution < 1.29 is 14.2 Å². The molecule has 2 N–H and O–H groups in total. The molecule has 2 aliphatic rings. The van der Waals surface area contributed by atoms with Gasteiger partial charge in [0.05, 0.1) is 36.9 Å². The SMILES string of the molecule is C=C(c1cnc(-c2ccc(-c3ccnc(OC)c3)cc2O)cn1)[C@@H]1CC2C=CC(N2)[C@@H]1F. The highest BCUT2D eigenvalue weighted by atomic mass is 19.1. The Morgan fingerprint density at radius 1 is 1.12 bits per heavy atom. The van der Waals surface area contributed by atoms with Crippen LogP contribution in [-0.2, 0) is 0 Å². The average Bonchev–Trinajstić information content (AvgIpc) is 3.24. The van der Waals surface area contributed by atoms with E-state index in [4.69, 9.17) is 4.74 Å². The van der Waals surface area contributed by atoms with E-state index in [2.05, 4.69) is 26.8 Å². The van der Waals surface area contributed by atoms with Crippen molar-refractivity contribution in [2.75, 3.05) is 7.11 Å². The molecule has 4 atom stereocenters. The number of fused-ring (bicyclic) bond motifs is 2. The van der Waals surface area contributed by atoms with Crippen LogP contribution < -0.4 is 10.1 Å². The molecule has 2 unspecified atom stereocenters. The molecular weight excluding hydrogens is 407 g/mol. The number of pyridine rings is 1. The number of ether oxygens (including phenoxy) is 1. The third-order valence-corrected chi connectivity index (χ3v) is 6.17. The van der Waals surface area contributed by atoms with Crippen molar-refractivity contribution in [2.24, 2.45) is 5.92 Å². The molecule has 7 heteroatoms. The number of methoxy groups -OCH3 is 1. The molecule has 1 fully saturated rings. The second-order valence-corrected chi connectivity index (χ2v) is 8.10. The van der Waals surface area contributed by atoms with Gasteiger partial charge in [0, 0.05) is 29.8 Å². The quantitative estimate of drug-likeness (QED) is 0.591. The number of hydrogen-bond acceptors (Lipinski definition) is 6. The summed E-state index contributed by atoms with van der Waals surface area (Å²) >= 11 is 0. The molecule has 4 heterocycles. The van der Waals surface area contributed by atoms with Gasteiger partial charge in [-0.25, -0.2) is 9.37 Å². The van der Waals surface area contributed by atoms with Gasteiger partial charge >= 0.3 is 0 Å². The number of phenolic OH excluding ortho intramolecular Hbond substituents is 1. The lowest BCUT2D eigenvalue weighted by Gasteiger charge is -2.33. The average molecular weight is 430 g/mol. The fourth-order valence-electron chi connectivity index (χ4n) is 4.40. The summed E-state index contributed by atoms with van der Waals surface area (Å²) in [5.74, 6) is 0.288. The third kappa shape index (κ3) is 3.65. The molecule has 0 amide bonds. The summed E-state index contributed by atoms with van der Waals surface area (Å²) in [6.45, 7) is 4.11. The fraction of sp³-hybridized carbons (Fsp3) is 0.240. The molecule has 2 bridgehead atoms. The monoisotopic (exact) mass is 430 g/mol. The van der Waals surface area contributed by atoms with Crippen LogP contribution in [0.5, 0.6) is 11.6 Å². The van der Waals surface area contributed by atoms with E-state index in [1.54, 1.807) is 43.9 Å². The third-order valence-electron chi connectivity index (χ3n) is 6.17. The van der Waals surface area contributed by atoms with Gasteiger partial charge in [-0.05, 0) is 41.3 Å². The maximum Gasteiger partial charge on any atom is 0.213 e. The zero-order chi connectivity index (χ0) is 22.2. The minimum Gasteiger partial charge on any atom is -0.507 e. The molecule has 6 nitrogen and oxygen atoms in total. The number of nitrogens with zero attached hydrogens (tertiary/aromatic N) is 3. The van der Waals surface area contributed by atoms with E-state index < -0.39 is 6.17 Å². The fourth-order valence-corrected chi connectivity index (χ4v) is 4.40. The zero-order valence-electron chi connectivity index (χ0n) is 17.6. The van der Waals surface area contributed by atoms with Crippen LogP contribution in [0.1, 0.15) is 12.1 Å². The van der Waals surface area contributed by atoms with Gasteiger partial charge in [-0.15, -0.1) is 0 Å². The predicted molar refractivity (Wildman–Crippen MR) is 121 cm³/mol. The van der Waals surface area contributed by atoms with Crippen molar-refractivity contribution in [1.82, 2.24) is 20.3 Å². The summed E-state index contributed by atoms with van der Waals surface area (Å²) in [7, 11) is 1.56. The smallest absolute Gasteiger partial charge is 0.213 e. The number of alkyl halides is 1. The molecule has 0 spiro atoms. The van der Waals surface area contributed by atoms with E-state index in [0.717, 1.165) is 11.1 Å². The first-order valence-corrected chi connectivity index (χ1v) is 10.5. The van der Waals surface area contributed by atoms with Crippen molar-refractivity contribution in [3.63, 3.8) is 0 Å². The molecule has 1 aromatic carbocycles. The Kier molecular flexibility index (Phi) is 5.19. The van der Waals surface area contributed by atoms with Crippen molar-refractivity contribution >= 4 is 5.57 Å². The second-order valence-electron chi connectivity index (χ2n) is 8.10. The van der Waals surface area contributed by atoms with E-state index in [9.17, 15) is 9.50 Å². The Labute approximate surface area is 185 Å². The predicted octanol–water partition coefficient (Wildman–Crippen LogP) is 4.19. The summed E-state index contributed by atoms with van der Waals surface area (Å²) in [6.07, 6.45) is 8.37. The maximum absolute atomic E-state index is 14.8. The maximum atomic E-state index is 14.8. The first-order chi connectivity index (χ1) is 15.5. The number of halogens is 1. The van der Waals surface area contributed by atoms with Crippen LogP contribution in [0.3, 0.4) is 0 Å². The first-order valence-electron chi connectivity index (χ1n) is 10.5. The van der Waals surface area contributed by atoms with Crippen molar-refractivity contribution in [1.29, 1.82) is 0 Å². The van der Waals surface area contributed by atoms with Gasteiger partial charge in [-0.3, -0.25) is 9.97 Å². The molecule has 0 radical (unpaired) electrons. The highest BCUT2D eigenvalue weighted by molar-refractivity contribution is 5.74. The van der Waals surface area contributed by atoms with E-state index in [-0.39, 0.29) is 23.8 Å². The van der Waals surface area contributed by atoms with Crippen LogP contribution in [0.2, 0.25) is 0 Å². The Morgan fingerprint density at radius 3 is 2.72 bits per heavy atom. The summed E-state index contributed by atoms with van der Waals surface area (Å²) in [4.78, 5) is 13.0. The highest BCUT2D eigenvalue weighted by Gasteiger charge is 2.40. The molecule has 0 aliphatic carbocycles. The lowest BCUT2D eigenvalue weighted by Crippen LogP contribution is -2.47. The zero-order valence-corrected chi connectivity index (χ0v) is 17.6. The molecule has 5 rings (SSSR count). The highest BCUT2D eigenvalue weighted by Crippen LogP contribution is 2.37. The lowest BCUT2D eigenvalue weighted by molar-refractivity contribution is 0.179. The van der Waals surface area contributed by atoms with Crippen LogP contribution in [0.4, 0.5) is 4.39 Å². The number of allylic oxidation sites excluding steroid dienone is 1. The first kappa shape index (κ1) is 20.3. The molecule has 3 aromatic rings. The van der Waals surface area contributed by atoms with Gasteiger partial charge in [0.25, 0.3) is 0 Å². The molecule has 0 saturated carbocycles. The Bertz CT molecular complexity index is 1190. The molecule has 162 valence electrons. The van der Waals surface area contributed by atoms with E-state index >= 15 is 0 Å². The number of aromatic hydroxyl groups is 1. The number of rotatable bonds is 5. The molecule has 2 aliphatic heterocycles. The summed E-state index contributed by atoms with van der Waals surface area (Å²) in [5.41, 5.74) is 4.02. The van der Waals surface area contributed by atoms with Crippen LogP contribution in [-0.4, -0.2) is 45.4 Å². The van der Waals surface area contributed by atoms with Crippen molar-refractivity contribution in [3.05, 3.63) is 73.3 Å². The van der Waals surface area contributed by atoms with Crippen LogP contribution in [0, 0.1) is 5.92 Å². The van der Waals surface area contributed by atoms with Gasteiger partial charge in [0.2, 0.25) is 5.88 Å². The number of piperidine rings is 1. The molecule has 1 saturated heterocycles. The molecule has 2 aromatic heterocycles. The molecular formula is C25H23FN4O2. The number of benzene rings is 1. The Hall–Kier alpha value is -3.58. The number of nitrogens with one attached hydrogen (secondary N) is 1. The standard InChI is InChI=1S/C25H23FN4O2/c1-14(19-11-17-4-6-20(30-17)25(19)26)21-12-29-22(13-28-21)18-5-3-15(9-23(18)31)16-7-8-27-24(10-16)32-2/h3-10,12-13,17,19-20,25,30-31H,1,11H2,2H3/t17?,19-,20?,25+/m0/s1. The minimum absolute atomic E-state index is 0.0870. The van der Waals surface area contributed by atoms with Gasteiger partial charge in [0.1, 0.15) is 11.9 Å². The van der Waals surface area contributed by atoms with Crippen LogP contribution in [0.15, 0.2) is 67.7 Å². The lowest BCUT2D eigenvalue weighted by atomic mass is 9.83. The Balaban J connectivity index is 1.36. The van der Waals surface area contributed by atoms with E-state index in [1.165, 1.54) is 0 Å². The summed E-state index contributed by atoms with van der Waals surface area (Å²) in [6, 6.07) is 8.92. The number of aromatic nitrogens is 3. The van der Waals surface area contributed by atoms with Gasteiger partial charge in [0.15, 0.2) is 0 Å². The van der Waals surface area contributed by atoms with Crippen LogP contribution >= 0.6 is 0 Å². The van der Waals surface area contributed by atoms with Gasteiger partial charge in [-0.2, -0.15) is 0 Å². The topological polar surface area (TPSA) is 80.2 Å². The summed E-state index contributed by atoms with van der Waals surface area (Å²) < 4.78 is 20.0. The second kappa shape index (κ2) is 8.16. The number of hydrogen-bond donors (Lipinski definition) is 2. The minimum atomic E-state index is -1.04. The van der Waals surface area contributed by atoms with E-state index in [0.29, 0.717) is 34.8 Å². The van der Waals surface area contributed by atoms with Crippen molar-refractivity contribution in [3.8, 4) is 34.0 Å². The number of phenols is 1. The van der Waals surface area contributed by atoms with E-state index in [1.807, 2.05) is 24.3 Å². The normalized spacial score (nSPS) is 23.8. The van der Waals surface area contributed by atoms with Crippen molar-refractivity contribution in [2.45, 2.75) is 24.7 Å². The van der Waals surface area contributed by atoms with Gasteiger partial charge < -0.3 is 15.2 Å². The Morgan fingerprint density at radius 2 is 1.97 bits per heavy atom. The largest absolute Gasteiger partial charge is 0.507 e. The molecule has 32 heavy (non-hydrogen) atoms. The van der Waals surface area contributed by atoms with Crippen LogP contribution in [0.25, 0.3) is 28.0 Å². The summed E-state index contributed by atoms with van der Waals surface area (Å²) in [5, 5.41) is 13.9.